The Morgan fingerprint density at radius 1 is 0.778 bits per heavy atom. The summed E-state index contributed by atoms with van der Waals surface area (Å²) < 4.78 is 11.2. The van der Waals surface area contributed by atoms with Crippen LogP contribution in [0.5, 0.6) is 0 Å². The molecule has 268 valence electrons. The van der Waals surface area contributed by atoms with Crippen LogP contribution in [0.15, 0.2) is 139 Å². The number of imide groups is 1. The van der Waals surface area contributed by atoms with Crippen molar-refractivity contribution in [2.24, 2.45) is 0 Å². The van der Waals surface area contributed by atoms with Crippen LogP contribution < -0.4 is 10.2 Å². The number of rotatable bonds is 13. The lowest BCUT2D eigenvalue weighted by Gasteiger charge is -2.30. The highest BCUT2D eigenvalue weighted by Gasteiger charge is 2.34. The summed E-state index contributed by atoms with van der Waals surface area (Å²) in [6, 6.07) is 33.6. The van der Waals surface area contributed by atoms with Crippen molar-refractivity contribution in [2.75, 3.05) is 29.9 Å². The number of nitrogens with one attached hydrogen (secondary N) is 1. The zero-order chi connectivity index (χ0) is 37.8. The highest BCUT2D eigenvalue weighted by Crippen LogP contribution is 2.35. The number of amides is 3. The first kappa shape index (κ1) is 35.3. The van der Waals surface area contributed by atoms with Crippen molar-refractivity contribution in [3.63, 3.8) is 0 Å². The summed E-state index contributed by atoms with van der Waals surface area (Å²) in [4.78, 5) is 54.9. The zero-order valence-electron chi connectivity index (χ0n) is 29.4. The van der Waals surface area contributed by atoms with Gasteiger partial charge in [-0.3, -0.25) is 19.3 Å². The number of aromatic nitrogens is 2. The molecule has 0 saturated carbocycles. The van der Waals surface area contributed by atoms with E-state index >= 15 is 0 Å². The smallest absolute Gasteiger partial charge is 0.330 e. The Balaban J connectivity index is 1.05. The minimum absolute atomic E-state index is 0.0254. The minimum Gasteiger partial charge on any atom is -0.458 e. The lowest BCUT2D eigenvalue weighted by molar-refractivity contribution is -0.141. The van der Waals surface area contributed by atoms with Crippen LogP contribution >= 0.6 is 0 Å². The molecule has 0 saturated heterocycles. The van der Waals surface area contributed by atoms with Gasteiger partial charge in [-0.1, -0.05) is 67.8 Å². The molecule has 0 spiro atoms. The van der Waals surface area contributed by atoms with Crippen molar-refractivity contribution in [3.8, 4) is 34.0 Å². The van der Waals surface area contributed by atoms with E-state index in [9.17, 15) is 19.2 Å². The van der Waals surface area contributed by atoms with Crippen molar-refractivity contribution >= 4 is 45.8 Å². The van der Waals surface area contributed by atoms with Crippen LogP contribution in [-0.4, -0.2) is 64.5 Å². The summed E-state index contributed by atoms with van der Waals surface area (Å²) in [5, 5.41) is 12.9. The van der Waals surface area contributed by atoms with Crippen LogP contribution in [-0.2, 0) is 14.3 Å². The van der Waals surface area contributed by atoms with E-state index in [2.05, 4.69) is 28.7 Å². The Labute approximate surface area is 311 Å². The highest BCUT2D eigenvalue weighted by molar-refractivity contribution is 6.26. The Hall–Kier alpha value is -7.14. The van der Waals surface area contributed by atoms with Crippen molar-refractivity contribution < 1.29 is 28.3 Å². The minimum atomic E-state index is -0.526. The molecule has 0 fully saturated rings. The number of carbonyl (C=O) groups is 4. The molecule has 1 aliphatic heterocycles. The molecule has 1 atom stereocenters. The van der Waals surface area contributed by atoms with Crippen LogP contribution in [0.25, 0.3) is 44.8 Å². The third-order valence-corrected chi connectivity index (χ3v) is 9.13. The second kappa shape index (κ2) is 15.2. The highest BCUT2D eigenvalue weighted by atomic mass is 16.5. The second-order valence-corrected chi connectivity index (χ2v) is 12.6. The summed E-state index contributed by atoms with van der Waals surface area (Å²) in [5.74, 6) is -1.17. The van der Waals surface area contributed by atoms with Gasteiger partial charge in [0, 0.05) is 63.6 Å². The van der Waals surface area contributed by atoms with Gasteiger partial charge in [-0.15, -0.1) is 10.2 Å². The fraction of sp³-hybridized carbons (Fsp3) is 0.116. The lowest BCUT2D eigenvalue weighted by atomic mass is 9.93. The van der Waals surface area contributed by atoms with E-state index in [0.29, 0.717) is 57.2 Å². The molecule has 0 bridgehead atoms. The molecule has 2 heterocycles. The Morgan fingerprint density at radius 3 is 2.04 bits per heavy atom. The molecule has 1 unspecified atom stereocenters. The normalized spacial score (nSPS) is 12.6. The first-order valence-electron chi connectivity index (χ1n) is 17.3. The molecule has 6 aromatic rings. The van der Waals surface area contributed by atoms with Gasteiger partial charge >= 0.3 is 5.97 Å². The van der Waals surface area contributed by atoms with Gasteiger partial charge in [0.25, 0.3) is 11.8 Å². The molecule has 0 aliphatic carbocycles. The molecule has 1 N–H and O–H groups in total. The number of hydrogen-bond donors (Lipinski definition) is 1. The molecule has 11 nitrogen and oxygen atoms in total. The SMILES string of the molecule is C=CC(=O)OC(C)CNc1ccc2c3c(cccc13)C(=O)N(CCN(C(=O)C=C)c1ccc(-c3nnc(-c4ccc(-c5ccccc5)cc4)o3)cc1)C2=O. The summed E-state index contributed by atoms with van der Waals surface area (Å²) in [6.07, 6.45) is 1.84. The van der Waals surface area contributed by atoms with Gasteiger partial charge in [-0.05, 0) is 78.7 Å². The Morgan fingerprint density at radius 2 is 1.39 bits per heavy atom. The number of esters is 1. The number of ether oxygens (including phenoxy) is 1. The molecule has 54 heavy (non-hydrogen) atoms. The van der Waals surface area contributed by atoms with Crippen LogP contribution in [0.2, 0.25) is 0 Å². The van der Waals surface area contributed by atoms with Gasteiger partial charge < -0.3 is 19.4 Å². The maximum absolute atomic E-state index is 13.8. The molecule has 5 aromatic carbocycles. The lowest BCUT2D eigenvalue weighted by Crippen LogP contribution is -2.45. The first-order valence-corrected chi connectivity index (χ1v) is 17.3. The van der Waals surface area contributed by atoms with Crippen molar-refractivity contribution in [1.29, 1.82) is 0 Å². The maximum Gasteiger partial charge on any atom is 0.330 e. The van der Waals surface area contributed by atoms with Crippen molar-refractivity contribution in [2.45, 2.75) is 13.0 Å². The number of benzene rings is 5. The molecular weight excluding hydrogens is 683 g/mol. The van der Waals surface area contributed by atoms with E-state index in [-0.39, 0.29) is 13.1 Å². The van der Waals surface area contributed by atoms with E-state index < -0.39 is 29.8 Å². The second-order valence-electron chi connectivity index (χ2n) is 12.6. The zero-order valence-corrected chi connectivity index (χ0v) is 29.4. The van der Waals surface area contributed by atoms with E-state index in [1.165, 1.54) is 11.0 Å². The largest absolute Gasteiger partial charge is 0.458 e. The van der Waals surface area contributed by atoms with Crippen LogP contribution in [0.1, 0.15) is 27.6 Å². The number of hydrogen-bond acceptors (Lipinski definition) is 9. The molecule has 0 radical (unpaired) electrons. The predicted octanol–water partition coefficient (Wildman–Crippen LogP) is 7.57. The molecule has 1 aromatic heterocycles. The Kier molecular flexibility index (Phi) is 9.94. The monoisotopic (exact) mass is 717 g/mol. The topological polar surface area (TPSA) is 135 Å². The third-order valence-electron chi connectivity index (χ3n) is 9.13. The predicted molar refractivity (Wildman–Crippen MR) is 207 cm³/mol. The summed E-state index contributed by atoms with van der Waals surface area (Å²) in [6.45, 7) is 9.09. The molecule has 1 aliphatic rings. The average molecular weight is 718 g/mol. The van der Waals surface area contributed by atoms with E-state index in [0.717, 1.165) is 27.7 Å². The van der Waals surface area contributed by atoms with Gasteiger partial charge in [-0.25, -0.2) is 4.79 Å². The number of nitrogens with zero attached hydrogens (tertiary/aromatic N) is 4. The average Bonchev–Trinajstić information content (AvgIpc) is 3.71. The fourth-order valence-corrected chi connectivity index (χ4v) is 6.40. The Bertz CT molecular complexity index is 2380. The first-order chi connectivity index (χ1) is 26.2. The third kappa shape index (κ3) is 7.02. The summed E-state index contributed by atoms with van der Waals surface area (Å²) >= 11 is 0. The molecule has 7 rings (SSSR count). The summed E-state index contributed by atoms with van der Waals surface area (Å²) in [5.41, 5.74) is 5.57. The molecular formula is C43H35N5O6. The maximum atomic E-state index is 13.8. The standard InChI is InChI=1S/C43H35N5O6/c1-4-37(49)47(32-20-18-31(19-21-32)41-46-45-40(54-41)30-16-14-29(15-17-30)28-10-7-6-8-11-28)24-25-48-42(51)34-13-9-12-33-36(23-22-35(39(33)34)43(48)52)44-26-27(3)53-38(50)5-2/h4-23,27,44H,1-2,24-26H2,3H3. The van der Waals surface area contributed by atoms with Crippen molar-refractivity contribution in [3.05, 3.63) is 146 Å². The van der Waals surface area contributed by atoms with E-state index in [1.54, 1.807) is 55.5 Å². The van der Waals surface area contributed by atoms with Crippen LogP contribution in [0.3, 0.4) is 0 Å². The quantitative estimate of drug-likeness (QED) is 0.0729. The van der Waals surface area contributed by atoms with Gasteiger partial charge in [0.15, 0.2) is 0 Å². The van der Waals surface area contributed by atoms with Gasteiger partial charge in [0.2, 0.25) is 17.7 Å². The number of anilines is 2. The molecule has 3 amide bonds. The molecule has 11 heteroatoms. The van der Waals surface area contributed by atoms with Crippen LogP contribution in [0.4, 0.5) is 11.4 Å². The van der Waals surface area contributed by atoms with E-state index in [4.69, 9.17) is 9.15 Å². The van der Waals surface area contributed by atoms with Gasteiger partial charge in [0.05, 0.1) is 6.54 Å². The van der Waals surface area contributed by atoms with Crippen LogP contribution in [0, 0.1) is 0 Å². The van der Waals surface area contributed by atoms with Crippen molar-refractivity contribution in [1.82, 2.24) is 15.1 Å². The van der Waals surface area contributed by atoms with Gasteiger partial charge in [-0.2, -0.15) is 0 Å². The number of carbonyl (C=O) groups excluding carboxylic acids is 4. The van der Waals surface area contributed by atoms with Gasteiger partial charge in [0.1, 0.15) is 6.10 Å². The van der Waals surface area contributed by atoms with E-state index in [1.807, 2.05) is 60.7 Å². The summed E-state index contributed by atoms with van der Waals surface area (Å²) in [7, 11) is 0. The fourth-order valence-electron chi connectivity index (χ4n) is 6.40.